The van der Waals surface area contributed by atoms with Crippen molar-refractivity contribution in [1.82, 2.24) is 15.8 Å². The Morgan fingerprint density at radius 3 is 2.03 bits per heavy atom. The topological polar surface area (TPSA) is 89.9 Å². The van der Waals surface area contributed by atoms with Crippen molar-refractivity contribution < 1.29 is 21.5 Å². The number of aliphatic imine (C=N–C) groups is 2. The second-order valence-corrected chi connectivity index (χ2v) is 10.0. The average Bonchev–Trinajstić information content (AvgIpc) is 3.18. The summed E-state index contributed by atoms with van der Waals surface area (Å²) in [4.78, 5) is 10.8. The van der Waals surface area contributed by atoms with E-state index in [9.17, 15) is 0 Å². The van der Waals surface area contributed by atoms with Crippen LogP contribution in [-0.4, -0.2) is 50.8 Å². The molecule has 0 saturated carbocycles. The fraction of sp³-hybridized carbons (Fsp3) is 0.652. The number of nitrogens with zero attached hydrogens (tertiary/aromatic N) is 5. The van der Waals surface area contributed by atoms with E-state index in [1.54, 1.807) is 0 Å². The summed E-state index contributed by atoms with van der Waals surface area (Å²) >= 11 is 10.3. The predicted molar refractivity (Wildman–Crippen MR) is 143 cm³/mol. The zero-order valence-corrected chi connectivity index (χ0v) is 23.7. The van der Waals surface area contributed by atoms with Crippen molar-refractivity contribution >= 4 is 47.0 Å². The van der Waals surface area contributed by atoms with Gasteiger partial charge < -0.3 is 29.7 Å². The van der Waals surface area contributed by atoms with Gasteiger partial charge in [0.05, 0.1) is 12.3 Å². The van der Waals surface area contributed by atoms with Crippen molar-refractivity contribution in [1.29, 1.82) is 0 Å². The smallest absolute Gasteiger partial charge is 0.741 e. The second kappa shape index (κ2) is 13.5. The zero-order valence-electron chi connectivity index (χ0n) is 21.2. The molecule has 1 aliphatic rings. The molecule has 34 heavy (non-hydrogen) atoms. The fourth-order valence-electron chi connectivity index (χ4n) is 4.18. The average molecular weight is 555 g/mol. The zero-order chi connectivity index (χ0) is 24.6. The van der Waals surface area contributed by atoms with E-state index in [4.69, 9.17) is 29.7 Å². The van der Waals surface area contributed by atoms with Crippen LogP contribution in [0.2, 0.25) is 0 Å². The first-order valence-electron chi connectivity index (χ1n) is 11.4. The van der Waals surface area contributed by atoms with Gasteiger partial charge in [0, 0.05) is 24.2 Å². The van der Waals surface area contributed by atoms with Crippen LogP contribution in [0.25, 0.3) is 0 Å². The van der Waals surface area contributed by atoms with Crippen LogP contribution < -0.4 is 10.9 Å². The summed E-state index contributed by atoms with van der Waals surface area (Å²) in [5.41, 5.74) is 6.88. The first kappa shape index (κ1) is 30.5. The summed E-state index contributed by atoms with van der Waals surface area (Å²) in [6, 6.07) is 3.91. The third kappa shape index (κ3) is 8.61. The monoisotopic (exact) mass is 554 g/mol. The molecule has 2 heterocycles. The van der Waals surface area contributed by atoms with E-state index >= 15 is 0 Å². The Labute approximate surface area is 225 Å². The molecule has 0 amide bonds. The number of piperidine rings is 1. The molecule has 0 bridgehead atoms. The van der Waals surface area contributed by atoms with Crippen molar-refractivity contribution in [2.75, 3.05) is 13.1 Å². The summed E-state index contributed by atoms with van der Waals surface area (Å²) in [7, 11) is 0. The number of rotatable bonds is 8. The van der Waals surface area contributed by atoms with E-state index in [2.05, 4.69) is 63.6 Å². The third-order valence-electron chi connectivity index (χ3n) is 5.78. The molecule has 0 spiro atoms. The minimum Gasteiger partial charge on any atom is -0.741 e. The van der Waals surface area contributed by atoms with E-state index in [0.29, 0.717) is 40.6 Å². The second-order valence-electron chi connectivity index (χ2n) is 9.27. The van der Waals surface area contributed by atoms with Crippen molar-refractivity contribution in [2.45, 2.75) is 85.4 Å². The summed E-state index contributed by atoms with van der Waals surface area (Å²) in [5, 5.41) is 9.38. The van der Waals surface area contributed by atoms with Crippen LogP contribution in [0, 0.1) is 0 Å². The Kier molecular flexibility index (Phi) is 12.1. The Morgan fingerprint density at radius 2 is 1.50 bits per heavy atom. The third-order valence-corrected chi connectivity index (χ3v) is 6.22. The molecule has 193 valence electrons. The minimum absolute atomic E-state index is 0. The fourth-order valence-corrected chi connectivity index (χ4v) is 4.53. The van der Waals surface area contributed by atoms with E-state index in [-0.39, 0.29) is 28.1 Å². The van der Waals surface area contributed by atoms with Crippen molar-refractivity contribution in [2.24, 2.45) is 20.2 Å². The van der Waals surface area contributed by atoms with Gasteiger partial charge in [-0.3, -0.25) is 25.7 Å². The van der Waals surface area contributed by atoms with E-state index in [0.717, 1.165) is 12.3 Å². The number of nitrogens with one attached hydrogen (secondary N) is 2. The molecule has 1 aliphatic heterocycles. The molecule has 1 radical (unpaired) electrons. The first-order valence-corrected chi connectivity index (χ1v) is 12.3. The summed E-state index contributed by atoms with van der Waals surface area (Å²) < 4.78 is 6.25. The van der Waals surface area contributed by atoms with Gasteiger partial charge in [-0.2, -0.15) is 10.2 Å². The van der Waals surface area contributed by atoms with Crippen LogP contribution in [0.3, 0.4) is 0 Å². The van der Waals surface area contributed by atoms with Gasteiger partial charge in [-0.05, 0) is 90.2 Å². The van der Waals surface area contributed by atoms with Gasteiger partial charge in [-0.25, -0.2) is 0 Å². The Bertz CT molecular complexity index is 906. The van der Waals surface area contributed by atoms with Crippen LogP contribution in [0.15, 0.2) is 36.7 Å². The summed E-state index contributed by atoms with van der Waals surface area (Å²) in [5.74, 6) is 1.46. The van der Waals surface area contributed by atoms with E-state index in [1.165, 1.54) is 19.3 Å². The molecular weight excluding hydrogens is 518 g/mol. The summed E-state index contributed by atoms with van der Waals surface area (Å²) in [6.07, 6.45) is 3.57. The summed E-state index contributed by atoms with van der Waals surface area (Å²) in [6.45, 7) is 16.7. The predicted octanol–water partition coefficient (Wildman–Crippen LogP) is 3.93. The Balaban J connectivity index is 0.00000578. The van der Waals surface area contributed by atoms with Gasteiger partial charge in [-0.1, -0.05) is 0 Å². The molecular formula is C23H37CuN7OS2. The van der Waals surface area contributed by atoms with E-state index in [1.807, 2.05) is 32.9 Å². The molecule has 1 saturated heterocycles. The molecule has 2 rings (SSSR count). The van der Waals surface area contributed by atoms with Crippen molar-refractivity contribution in [3.63, 3.8) is 0 Å². The van der Waals surface area contributed by atoms with Crippen LogP contribution in [0.5, 0.6) is 0 Å². The molecule has 1 fully saturated rings. The largest absolute Gasteiger partial charge is 2.00 e. The van der Waals surface area contributed by atoms with Crippen LogP contribution in [0.1, 0.15) is 79.2 Å². The Hall–Kier alpha value is -1.52. The van der Waals surface area contributed by atoms with Crippen molar-refractivity contribution in [3.8, 4) is 0 Å². The maximum atomic E-state index is 6.25. The van der Waals surface area contributed by atoms with Gasteiger partial charge in [0.25, 0.3) is 0 Å². The van der Waals surface area contributed by atoms with Crippen LogP contribution in [0.4, 0.5) is 0 Å². The van der Waals surface area contributed by atoms with Gasteiger partial charge >= 0.3 is 17.1 Å². The molecule has 11 heteroatoms. The van der Waals surface area contributed by atoms with E-state index < -0.39 is 0 Å². The number of furan rings is 1. The van der Waals surface area contributed by atoms with Crippen LogP contribution >= 0.6 is 0 Å². The minimum atomic E-state index is 0. The molecule has 2 N–H and O–H groups in total. The van der Waals surface area contributed by atoms with Gasteiger partial charge in [0.1, 0.15) is 11.5 Å². The number of likely N-dealkylation sites (tertiary alicyclic amines) is 1. The molecule has 0 unspecified atom stereocenters. The first-order chi connectivity index (χ1) is 15.5. The normalized spacial score (nSPS) is 19.5. The van der Waals surface area contributed by atoms with Gasteiger partial charge in [0.2, 0.25) is 0 Å². The number of hydrogen-bond donors (Lipinski definition) is 2. The van der Waals surface area contributed by atoms with Crippen molar-refractivity contribution in [3.05, 3.63) is 23.7 Å². The van der Waals surface area contributed by atoms with Gasteiger partial charge in [-0.15, -0.1) is 0 Å². The van der Waals surface area contributed by atoms with Crippen LogP contribution in [-0.2, 0) is 48.9 Å². The maximum absolute atomic E-state index is 6.25. The quantitative estimate of drug-likeness (QED) is 0.166. The molecule has 0 aliphatic carbocycles. The molecule has 1 aromatic heterocycles. The standard InChI is InChI=1S/C23H39N7OS2.Cu/c1-8-24-20(32)28-26-16(3)19(27-29-21(33)25-9-2)18-12-11-17(31-18)15-30-22(4,5)13-10-14-23(30,6)7;/h11-12H,8-10,13-15H2,1-7H3,(H2,24,28,32)(H2,25,29,33);/q;+2/p-2/b26-16+,27-19-;. The molecule has 0 aromatic carbocycles. The molecule has 0 atom stereocenters. The Morgan fingerprint density at radius 1 is 0.971 bits per heavy atom. The molecule has 1 aromatic rings. The van der Waals surface area contributed by atoms with Gasteiger partial charge in [0.15, 0.2) is 5.76 Å². The number of amidine groups is 2. The maximum Gasteiger partial charge on any atom is 2.00 e. The number of hydrogen-bond acceptors (Lipinski definition) is 8. The number of hydrazone groups is 2. The SMILES string of the molecule is CCN=C([S-])N/N=C(/C(C)=N/NC([S-])=NCC)c1ccc(CN2C(C)(C)CCCC2(C)C)o1.[Cu+2]. The molecule has 8 nitrogen and oxygen atoms in total.